The van der Waals surface area contributed by atoms with Gasteiger partial charge in [0.15, 0.2) is 5.96 Å². The summed E-state index contributed by atoms with van der Waals surface area (Å²) in [6.07, 6.45) is 5.57. The first-order valence-electron chi connectivity index (χ1n) is 10.0. The van der Waals surface area contributed by atoms with Gasteiger partial charge in [-0.2, -0.15) is 0 Å². The van der Waals surface area contributed by atoms with Crippen LogP contribution in [-0.4, -0.2) is 66.6 Å². The first-order chi connectivity index (χ1) is 12.8. The number of rotatable bonds is 7. The van der Waals surface area contributed by atoms with Gasteiger partial charge in [-0.1, -0.05) is 32.0 Å². The summed E-state index contributed by atoms with van der Waals surface area (Å²) in [7, 11) is 1.90. The minimum atomic E-state index is 0.662. The van der Waals surface area contributed by atoms with Crippen molar-refractivity contribution in [2.75, 3.05) is 39.8 Å². The molecule has 3 rings (SSSR count). The molecular weight excluding hydrogens is 322 g/mol. The van der Waals surface area contributed by atoms with Crippen molar-refractivity contribution in [1.29, 1.82) is 0 Å². The fourth-order valence-electron chi connectivity index (χ4n) is 4.12. The zero-order valence-electron chi connectivity index (χ0n) is 16.5. The second-order valence-electron chi connectivity index (χ2n) is 7.05. The lowest BCUT2D eigenvalue weighted by Gasteiger charge is -2.27. The van der Waals surface area contributed by atoms with Crippen LogP contribution in [0.3, 0.4) is 0 Å². The van der Waals surface area contributed by atoms with Crippen molar-refractivity contribution in [3.63, 3.8) is 0 Å². The van der Waals surface area contributed by atoms with Gasteiger partial charge in [0, 0.05) is 49.8 Å². The van der Waals surface area contributed by atoms with E-state index in [2.05, 4.69) is 69.4 Å². The number of guanidine groups is 1. The highest BCUT2D eigenvalue weighted by Crippen LogP contribution is 2.19. The Balaban J connectivity index is 1.46. The maximum Gasteiger partial charge on any atom is 0.193 e. The summed E-state index contributed by atoms with van der Waals surface area (Å²) in [5.74, 6) is 1.05. The number of para-hydroxylation sites is 1. The fourth-order valence-corrected chi connectivity index (χ4v) is 4.12. The highest BCUT2D eigenvalue weighted by atomic mass is 15.3. The highest BCUT2D eigenvalue weighted by molar-refractivity contribution is 5.83. The molecule has 1 aromatic heterocycles. The van der Waals surface area contributed by atoms with E-state index in [0.717, 1.165) is 51.5 Å². The lowest BCUT2D eigenvalue weighted by Crippen LogP contribution is -2.43. The number of H-pyrrole nitrogens is 1. The smallest absolute Gasteiger partial charge is 0.193 e. The average molecular weight is 356 g/mol. The van der Waals surface area contributed by atoms with E-state index >= 15 is 0 Å². The number of aliphatic imine (C=N–C) groups is 1. The maximum atomic E-state index is 4.51. The van der Waals surface area contributed by atoms with Crippen molar-refractivity contribution < 1.29 is 0 Å². The number of benzene rings is 1. The van der Waals surface area contributed by atoms with E-state index in [1.54, 1.807) is 0 Å². The third-order valence-corrected chi connectivity index (χ3v) is 5.58. The summed E-state index contributed by atoms with van der Waals surface area (Å²) in [6.45, 7) is 9.91. The molecule has 2 heterocycles. The number of aromatic nitrogens is 1. The van der Waals surface area contributed by atoms with Crippen molar-refractivity contribution in [2.24, 2.45) is 4.99 Å². The minimum absolute atomic E-state index is 0.662. The van der Waals surface area contributed by atoms with Crippen LogP contribution < -0.4 is 5.32 Å². The number of nitrogens with zero attached hydrogens (tertiary/aromatic N) is 3. The largest absolute Gasteiger partial charge is 0.361 e. The van der Waals surface area contributed by atoms with Crippen molar-refractivity contribution >= 4 is 16.9 Å². The van der Waals surface area contributed by atoms with Gasteiger partial charge in [-0.15, -0.1) is 0 Å². The molecular formula is C21H33N5. The van der Waals surface area contributed by atoms with Gasteiger partial charge in [0.25, 0.3) is 0 Å². The third-order valence-electron chi connectivity index (χ3n) is 5.58. The molecule has 5 heteroatoms. The second-order valence-corrected chi connectivity index (χ2v) is 7.05. The van der Waals surface area contributed by atoms with Crippen LogP contribution in [0.15, 0.2) is 35.5 Å². The molecule has 1 aromatic carbocycles. The Kier molecular flexibility index (Phi) is 6.56. The number of hydrogen-bond donors (Lipinski definition) is 2. The van der Waals surface area contributed by atoms with Crippen LogP contribution in [0, 0.1) is 0 Å². The summed E-state index contributed by atoms with van der Waals surface area (Å²) in [5.41, 5.74) is 2.63. The number of aryl methyl sites for hydroxylation is 1. The van der Waals surface area contributed by atoms with E-state index < -0.39 is 0 Å². The lowest BCUT2D eigenvalue weighted by atomic mass is 10.1. The molecule has 1 fully saturated rings. The van der Waals surface area contributed by atoms with Crippen LogP contribution in [0.5, 0.6) is 0 Å². The van der Waals surface area contributed by atoms with E-state index in [0.29, 0.717) is 6.04 Å². The predicted octanol–water partition coefficient (Wildman–Crippen LogP) is 3.09. The van der Waals surface area contributed by atoms with E-state index in [1.807, 2.05) is 7.05 Å². The van der Waals surface area contributed by atoms with Crippen LogP contribution in [0.4, 0.5) is 0 Å². The molecule has 0 saturated carbocycles. The van der Waals surface area contributed by atoms with Crippen molar-refractivity contribution in [3.05, 3.63) is 36.0 Å². The van der Waals surface area contributed by atoms with Gasteiger partial charge in [-0.05, 0) is 44.0 Å². The number of likely N-dealkylation sites (tertiary alicyclic amines) is 1. The van der Waals surface area contributed by atoms with Gasteiger partial charge in [0.05, 0.1) is 0 Å². The standard InChI is InChI=1S/C21H33N5/c1-4-25(5-2)18-12-14-26(16-18)21(22-3)23-13-8-9-17-15-24-20-11-7-6-10-19(17)20/h6-7,10-11,15,18,24H,4-5,8-9,12-14,16H2,1-3H3,(H,22,23). The number of likely N-dealkylation sites (N-methyl/N-ethyl adjacent to an activating group) is 1. The summed E-state index contributed by atoms with van der Waals surface area (Å²) in [4.78, 5) is 12.8. The minimum Gasteiger partial charge on any atom is -0.361 e. The fraction of sp³-hybridized carbons (Fsp3) is 0.571. The molecule has 26 heavy (non-hydrogen) atoms. The summed E-state index contributed by atoms with van der Waals surface area (Å²) in [5, 5.41) is 4.91. The quantitative estimate of drug-likeness (QED) is 0.456. The molecule has 2 N–H and O–H groups in total. The second kappa shape index (κ2) is 9.08. The van der Waals surface area contributed by atoms with Crippen LogP contribution >= 0.6 is 0 Å². The maximum absolute atomic E-state index is 4.51. The third kappa shape index (κ3) is 4.21. The Hall–Kier alpha value is -2.01. The average Bonchev–Trinajstić information content (AvgIpc) is 3.31. The van der Waals surface area contributed by atoms with Gasteiger partial charge in [0.2, 0.25) is 0 Å². The van der Waals surface area contributed by atoms with Gasteiger partial charge in [-0.25, -0.2) is 0 Å². The predicted molar refractivity (Wildman–Crippen MR) is 111 cm³/mol. The van der Waals surface area contributed by atoms with E-state index in [1.165, 1.54) is 22.9 Å². The SMILES string of the molecule is CCN(CC)C1CCN(C(=NC)NCCCc2c[nH]c3ccccc23)C1. The van der Waals surface area contributed by atoms with Crippen LogP contribution in [0.1, 0.15) is 32.3 Å². The van der Waals surface area contributed by atoms with E-state index in [-0.39, 0.29) is 0 Å². The monoisotopic (exact) mass is 355 g/mol. The Bertz CT molecular complexity index is 716. The zero-order chi connectivity index (χ0) is 18.4. The molecule has 1 aliphatic rings. The Labute approximate surface area is 157 Å². The summed E-state index contributed by atoms with van der Waals surface area (Å²) >= 11 is 0. The summed E-state index contributed by atoms with van der Waals surface area (Å²) < 4.78 is 0. The van der Waals surface area contributed by atoms with E-state index in [9.17, 15) is 0 Å². The molecule has 0 bridgehead atoms. The molecule has 0 spiro atoms. The molecule has 0 amide bonds. The van der Waals surface area contributed by atoms with Crippen molar-refractivity contribution in [2.45, 2.75) is 39.2 Å². The Morgan fingerprint density at radius 2 is 2.12 bits per heavy atom. The number of hydrogen-bond acceptors (Lipinski definition) is 2. The molecule has 0 radical (unpaired) electrons. The summed E-state index contributed by atoms with van der Waals surface area (Å²) in [6, 6.07) is 9.19. The van der Waals surface area contributed by atoms with Crippen LogP contribution in [0.25, 0.3) is 10.9 Å². The molecule has 1 atom stereocenters. The van der Waals surface area contributed by atoms with Gasteiger partial charge in [-0.3, -0.25) is 9.89 Å². The Morgan fingerprint density at radius 3 is 2.88 bits per heavy atom. The number of fused-ring (bicyclic) bond motifs is 1. The number of aromatic amines is 1. The lowest BCUT2D eigenvalue weighted by molar-refractivity contribution is 0.223. The van der Waals surface area contributed by atoms with Gasteiger partial charge >= 0.3 is 0 Å². The molecule has 142 valence electrons. The normalized spacial score (nSPS) is 18.2. The van der Waals surface area contributed by atoms with E-state index in [4.69, 9.17) is 0 Å². The Morgan fingerprint density at radius 1 is 1.31 bits per heavy atom. The van der Waals surface area contributed by atoms with Crippen molar-refractivity contribution in [1.82, 2.24) is 20.1 Å². The molecule has 1 aliphatic heterocycles. The topological polar surface area (TPSA) is 46.7 Å². The van der Waals surface area contributed by atoms with Crippen LogP contribution in [0.2, 0.25) is 0 Å². The zero-order valence-corrected chi connectivity index (χ0v) is 16.5. The molecule has 2 aromatic rings. The highest BCUT2D eigenvalue weighted by Gasteiger charge is 2.27. The molecule has 0 aliphatic carbocycles. The van der Waals surface area contributed by atoms with Gasteiger partial charge < -0.3 is 15.2 Å². The first kappa shape index (κ1) is 18.8. The number of nitrogens with one attached hydrogen (secondary N) is 2. The molecule has 5 nitrogen and oxygen atoms in total. The molecule has 1 saturated heterocycles. The van der Waals surface area contributed by atoms with Crippen molar-refractivity contribution in [3.8, 4) is 0 Å². The first-order valence-corrected chi connectivity index (χ1v) is 10.0. The van der Waals surface area contributed by atoms with Gasteiger partial charge in [0.1, 0.15) is 0 Å². The van der Waals surface area contributed by atoms with Crippen LogP contribution in [-0.2, 0) is 6.42 Å². The molecule has 1 unspecified atom stereocenters.